The van der Waals surface area contributed by atoms with Crippen LogP contribution >= 0.6 is 12.4 Å². The summed E-state index contributed by atoms with van der Waals surface area (Å²) in [5, 5.41) is 9.32. The Morgan fingerprint density at radius 3 is 1.83 bits per heavy atom. The molecule has 0 bridgehead atoms. The summed E-state index contributed by atoms with van der Waals surface area (Å²) in [6, 6.07) is 0. The van der Waals surface area contributed by atoms with Gasteiger partial charge in [0.2, 0.25) is 0 Å². The third-order valence-electron chi connectivity index (χ3n) is 0.458. The second-order valence-corrected chi connectivity index (χ2v) is 0.974. The summed E-state index contributed by atoms with van der Waals surface area (Å²) in [7, 11) is 1.61. The van der Waals surface area contributed by atoms with Gasteiger partial charge in [-0.2, -0.15) is 5.06 Å². The molecule has 2 nitrogen and oxygen atoms in total. The Morgan fingerprint density at radius 1 is 1.67 bits per heavy atom. The second-order valence-electron chi connectivity index (χ2n) is 0.974. The van der Waals surface area contributed by atoms with Gasteiger partial charge in [0.15, 0.2) is 0 Å². The van der Waals surface area contributed by atoms with Gasteiger partial charge >= 0.3 is 0 Å². The molecule has 0 aromatic heterocycles. The SMILES string of the molecule is CCN(C)O.Cl. The van der Waals surface area contributed by atoms with E-state index in [0.717, 1.165) is 5.06 Å². The molecule has 1 N–H and O–H groups in total. The van der Waals surface area contributed by atoms with Gasteiger partial charge < -0.3 is 5.21 Å². The van der Waals surface area contributed by atoms with Crippen LogP contribution in [0.1, 0.15) is 6.92 Å². The number of hydrogen-bond acceptors (Lipinski definition) is 2. The molecule has 0 fully saturated rings. The topological polar surface area (TPSA) is 23.5 Å². The maximum Gasteiger partial charge on any atom is 0.0206 e. The predicted molar refractivity (Wildman–Crippen MR) is 27.3 cm³/mol. The summed E-state index contributed by atoms with van der Waals surface area (Å²) in [5.41, 5.74) is 0. The van der Waals surface area contributed by atoms with Crippen LogP contribution in [0.5, 0.6) is 0 Å². The van der Waals surface area contributed by atoms with Crippen molar-refractivity contribution < 1.29 is 5.21 Å². The van der Waals surface area contributed by atoms with E-state index >= 15 is 0 Å². The van der Waals surface area contributed by atoms with Crippen LogP contribution < -0.4 is 0 Å². The monoisotopic (exact) mass is 111 g/mol. The van der Waals surface area contributed by atoms with Gasteiger partial charge in [0.05, 0.1) is 0 Å². The Labute approximate surface area is 44.1 Å². The Kier molecular flexibility index (Phi) is 8.26. The molecule has 3 heteroatoms. The van der Waals surface area contributed by atoms with Gasteiger partial charge in [0, 0.05) is 13.6 Å². The molecule has 0 saturated heterocycles. The summed E-state index contributed by atoms with van der Waals surface area (Å²) < 4.78 is 0. The van der Waals surface area contributed by atoms with Crippen LogP contribution in [0.2, 0.25) is 0 Å². The lowest BCUT2D eigenvalue weighted by Gasteiger charge is -1.98. The molecule has 0 rings (SSSR count). The lowest BCUT2D eigenvalue weighted by molar-refractivity contribution is -0.0596. The first kappa shape index (κ1) is 9.51. The molecule has 0 aliphatic carbocycles. The number of rotatable bonds is 1. The van der Waals surface area contributed by atoms with Crippen molar-refractivity contribution in [1.82, 2.24) is 5.06 Å². The minimum absolute atomic E-state index is 0. The van der Waals surface area contributed by atoms with Crippen molar-refractivity contribution in [2.24, 2.45) is 0 Å². The van der Waals surface area contributed by atoms with Crippen molar-refractivity contribution in [2.75, 3.05) is 13.6 Å². The number of hydrogen-bond donors (Lipinski definition) is 1. The molecule has 0 amide bonds. The predicted octanol–water partition coefficient (Wildman–Crippen LogP) is 0.749. The molecule has 0 saturated carbocycles. The largest absolute Gasteiger partial charge is 0.314 e. The fourth-order valence-electron chi connectivity index (χ4n) is 0. The van der Waals surface area contributed by atoms with E-state index in [1.165, 1.54) is 0 Å². The summed E-state index contributed by atoms with van der Waals surface area (Å²) in [6.07, 6.45) is 0. The molecular formula is C3H10ClNO. The first-order valence-electron chi connectivity index (χ1n) is 1.67. The Bertz CT molecular complexity index is 24.8. The minimum atomic E-state index is 0. The van der Waals surface area contributed by atoms with E-state index in [1.807, 2.05) is 6.92 Å². The summed E-state index contributed by atoms with van der Waals surface area (Å²) in [4.78, 5) is 0. The number of nitrogens with zero attached hydrogens (tertiary/aromatic N) is 1. The third-order valence-corrected chi connectivity index (χ3v) is 0.458. The van der Waals surface area contributed by atoms with E-state index in [0.29, 0.717) is 6.54 Å². The van der Waals surface area contributed by atoms with Crippen molar-refractivity contribution >= 4 is 12.4 Å². The van der Waals surface area contributed by atoms with Crippen molar-refractivity contribution in [3.05, 3.63) is 0 Å². The molecule has 0 aromatic carbocycles. The van der Waals surface area contributed by atoms with Crippen LogP contribution in [0.15, 0.2) is 0 Å². The molecule has 40 valence electrons. The van der Waals surface area contributed by atoms with Gasteiger partial charge in [-0.1, -0.05) is 6.92 Å². The molecule has 0 aromatic rings. The summed E-state index contributed by atoms with van der Waals surface area (Å²) in [5.74, 6) is 0. The normalized spacial score (nSPS) is 8.00. The molecule has 0 radical (unpaired) electrons. The standard InChI is InChI=1S/C3H9NO.ClH/c1-3-4(2)5;/h5H,3H2,1-2H3;1H. The van der Waals surface area contributed by atoms with Crippen molar-refractivity contribution in [2.45, 2.75) is 6.92 Å². The van der Waals surface area contributed by atoms with E-state index in [1.54, 1.807) is 7.05 Å². The van der Waals surface area contributed by atoms with E-state index in [4.69, 9.17) is 5.21 Å². The van der Waals surface area contributed by atoms with Gasteiger partial charge in [-0.15, -0.1) is 12.4 Å². The van der Waals surface area contributed by atoms with Gasteiger partial charge in [-0.25, -0.2) is 0 Å². The molecular weight excluding hydrogens is 101 g/mol. The summed E-state index contributed by atoms with van der Waals surface area (Å²) >= 11 is 0. The molecule has 0 aliphatic heterocycles. The van der Waals surface area contributed by atoms with Gasteiger partial charge in [-0.3, -0.25) is 0 Å². The molecule has 0 aliphatic rings. The first-order chi connectivity index (χ1) is 2.27. The molecule has 0 spiro atoms. The van der Waals surface area contributed by atoms with Crippen LogP contribution in [0.4, 0.5) is 0 Å². The smallest absolute Gasteiger partial charge is 0.0206 e. The third kappa shape index (κ3) is 8.88. The summed E-state index contributed by atoms with van der Waals surface area (Å²) in [6.45, 7) is 2.57. The van der Waals surface area contributed by atoms with Crippen LogP contribution in [0, 0.1) is 0 Å². The van der Waals surface area contributed by atoms with Crippen molar-refractivity contribution in [3.63, 3.8) is 0 Å². The van der Waals surface area contributed by atoms with Crippen LogP contribution in [0.3, 0.4) is 0 Å². The maximum absolute atomic E-state index is 8.19. The highest BCUT2D eigenvalue weighted by molar-refractivity contribution is 5.85. The Hall–Kier alpha value is 0.210. The fraction of sp³-hybridized carbons (Fsp3) is 1.00. The average Bonchev–Trinajstić information content (AvgIpc) is 1.38. The van der Waals surface area contributed by atoms with Crippen LogP contribution in [0.25, 0.3) is 0 Å². The molecule has 0 atom stereocenters. The fourth-order valence-corrected chi connectivity index (χ4v) is 0. The lowest BCUT2D eigenvalue weighted by Crippen LogP contribution is -2.09. The van der Waals surface area contributed by atoms with Crippen LogP contribution in [-0.2, 0) is 0 Å². The first-order valence-corrected chi connectivity index (χ1v) is 1.67. The number of hydroxylamine groups is 2. The van der Waals surface area contributed by atoms with Crippen LogP contribution in [-0.4, -0.2) is 23.9 Å². The highest BCUT2D eigenvalue weighted by Crippen LogP contribution is 1.62. The number of halogens is 1. The van der Waals surface area contributed by atoms with Crippen molar-refractivity contribution in [1.29, 1.82) is 0 Å². The van der Waals surface area contributed by atoms with E-state index < -0.39 is 0 Å². The van der Waals surface area contributed by atoms with E-state index in [2.05, 4.69) is 0 Å². The molecule has 0 heterocycles. The zero-order valence-corrected chi connectivity index (χ0v) is 4.83. The Morgan fingerprint density at radius 2 is 1.83 bits per heavy atom. The highest BCUT2D eigenvalue weighted by Gasteiger charge is 1.74. The van der Waals surface area contributed by atoms with E-state index in [9.17, 15) is 0 Å². The zero-order valence-electron chi connectivity index (χ0n) is 4.01. The van der Waals surface area contributed by atoms with Crippen molar-refractivity contribution in [3.8, 4) is 0 Å². The minimum Gasteiger partial charge on any atom is -0.314 e. The Balaban J connectivity index is 0. The molecule has 0 unspecified atom stereocenters. The highest BCUT2D eigenvalue weighted by atomic mass is 35.5. The quantitative estimate of drug-likeness (QED) is 0.505. The molecule has 6 heavy (non-hydrogen) atoms. The zero-order chi connectivity index (χ0) is 4.28. The van der Waals surface area contributed by atoms with E-state index in [-0.39, 0.29) is 12.4 Å². The maximum atomic E-state index is 8.19. The second kappa shape index (κ2) is 5.21. The lowest BCUT2D eigenvalue weighted by atomic mass is 10.8. The van der Waals surface area contributed by atoms with Gasteiger partial charge in [-0.05, 0) is 0 Å². The average molecular weight is 112 g/mol. The van der Waals surface area contributed by atoms with Gasteiger partial charge in [0.25, 0.3) is 0 Å². The van der Waals surface area contributed by atoms with Gasteiger partial charge in [0.1, 0.15) is 0 Å².